The summed E-state index contributed by atoms with van der Waals surface area (Å²) in [5.41, 5.74) is 8.87. The number of anilines is 1. The van der Waals surface area contributed by atoms with Crippen LogP contribution in [0.4, 0.5) is 5.82 Å². The first-order valence-corrected chi connectivity index (χ1v) is 11.3. The molecular weight excluding hydrogens is 422 g/mol. The molecule has 5 heterocycles. The van der Waals surface area contributed by atoms with Crippen LogP contribution in [0.25, 0.3) is 33.8 Å². The maximum atomic E-state index is 6.31. The van der Waals surface area contributed by atoms with Gasteiger partial charge in [0.05, 0.1) is 28.9 Å². The van der Waals surface area contributed by atoms with E-state index in [1.165, 1.54) is 6.33 Å². The maximum absolute atomic E-state index is 6.31. The van der Waals surface area contributed by atoms with Crippen LogP contribution in [-0.2, 0) is 5.54 Å². The van der Waals surface area contributed by atoms with E-state index in [1.807, 2.05) is 4.68 Å². The number of hydrogen-bond acceptors (Lipinski definition) is 10. The molecule has 4 aromatic rings. The summed E-state index contributed by atoms with van der Waals surface area (Å²) >= 11 is 0. The first-order chi connectivity index (χ1) is 16.1. The number of fused-ring (bicyclic) bond motifs is 1. The standard InChI is InChI=1S/C22H23N9O2/c1-22(4-5-22)31-21-15(19(23)27-10-28-21)16(29-31)17-14(18(33-30-17)11-2-3-11)20-25-8-13(9-26-20)32-12-6-24-7-12/h8-12,24H,2-7H2,1H3,(H2,23,27,28). The minimum atomic E-state index is -0.0770. The van der Waals surface area contributed by atoms with Gasteiger partial charge in [-0.05, 0) is 32.6 Å². The van der Waals surface area contributed by atoms with Crippen molar-refractivity contribution in [2.75, 3.05) is 18.8 Å². The van der Waals surface area contributed by atoms with Crippen LogP contribution in [0.1, 0.15) is 44.3 Å². The van der Waals surface area contributed by atoms with Crippen LogP contribution in [0.3, 0.4) is 0 Å². The molecule has 1 saturated heterocycles. The monoisotopic (exact) mass is 445 g/mol. The first-order valence-electron chi connectivity index (χ1n) is 11.3. The van der Waals surface area contributed by atoms with E-state index in [1.54, 1.807) is 12.4 Å². The number of nitrogens with two attached hydrogens (primary N) is 1. The van der Waals surface area contributed by atoms with Gasteiger partial charge < -0.3 is 20.3 Å². The van der Waals surface area contributed by atoms with Gasteiger partial charge in [0.15, 0.2) is 23.0 Å². The zero-order valence-electron chi connectivity index (χ0n) is 18.2. The molecule has 3 aliphatic rings. The molecule has 3 fully saturated rings. The summed E-state index contributed by atoms with van der Waals surface area (Å²) in [6, 6.07) is 0. The van der Waals surface area contributed by atoms with Crippen molar-refractivity contribution in [3.63, 3.8) is 0 Å². The lowest BCUT2D eigenvalue weighted by atomic mass is 10.1. The van der Waals surface area contributed by atoms with Crippen LogP contribution in [0.2, 0.25) is 0 Å². The molecule has 1 aliphatic heterocycles. The van der Waals surface area contributed by atoms with Crippen molar-refractivity contribution in [2.24, 2.45) is 0 Å². The summed E-state index contributed by atoms with van der Waals surface area (Å²) in [7, 11) is 0. The van der Waals surface area contributed by atoms with Crippen molar-refractivity contribution < 1.29 is 9.26 Å². The summed E-state index contributed by atoms with van der Waals surface area (Å²) in [4.78, 5) is 17.9. The van der Waals surface area contributed by atoms with Gasteiger partial charge in [-0.2, -0.15) is 5.10 Å². The molecule has 3 N–H and O–H groups in total. The average molecular weight is 445 g/mol. The highest BCUT2D eigenvalue weighted by molar-refractivity contribution is 6.00. The molecule has 2 aliphatic carbocycles. The van der Waals surface area contributed by atoms with Gasteiger partial charge in [0, 0.05) is 19.0 Å². The van der Waals surface area contributed by atoms with Gasteiger partial charge in [-0.15, -0.1) is 0 Å². The van der Waals surface area contributed by atoms with E-state index < -0.39 is 0 Å². The molecule has 0 aromatic carbocycles. The van der Waals surface area contributed by atoms with Crippen LogP contribution in [0, 0.1) is 0 Å². The lowest BCUT2D eigenvalue weighted by molar-refractivity contribution is 0.141. The summed E-state index contributed by atoms with van der Waals surface area (Å²) < 4.78 is 13.7. The zero-order chi connectivity index (χ0) is 22.2. The van der Waals surface area contributed by atoms with Crippen LogP contribution in [-0.4, -0.2) is 54.1 Å². The van der Waals surface area contributed by atoms with Crippen LogP contribution >= 0.6 is 0 Å². The Morgan fingerprint density at radius 2 is 1.91 bits per heavy atom. The molecule has 11 heteroatoms. The minimum absolute atomic E-state index is 0.0770. The Bertz CT molecular complexity index is 1360. The van der Waals surface area contributed by atoms with Crippen molar-refractivity contribution in [1.29, 1.82) is 0 Å². The Balaban J connectivity index is 1.38. The number of ether oxygens (including phenoxy) is 1. The van der Waals surface area contributed by atoms with E-state index in [0.29, 0.717) is 45.7 Å². The molecule has 4 aromatic heterocycles. The third-order valence-corrected chi connectivity index (χ3v) is 6.77. The predicted octanol–water partition coefficient (Wildman–Crippen LogP) is 2.26. The molecule has 0 spiro atoms. The van der Waals surface area contributed by atoms with Crippen LogP contribution < -0.4 is 15.8 Å². The van der Waals surface area contributed by atoms with Crippen LogP contribution in [0.15, 0.2) is 23.2 Å². The largest absolute Gasteiger partial charge is 0.485 e. The SMILES string of the molecule is CC1(n2nc(-c3noc(C4CC4)c3-c3ncc(OC4CNC4)cn3)c3c(N)ncnc32)CC1. The van der Waals surface area contributed by atoms with E-state index in [9.17, 15) is 0 Å². The lowest BCUT2D eigenvalue weighted by Gasteiger charge is -2.27. The molecule has 7 rings (SSSR count). The quantitative estimate of drug-likeness (QED) is 0.453. The first kappa shape index (κ1) is 18.9. The number of aromatic nitrogens is 7. The van der Waals surface area contributed by atoms with Gasteiger partial charge in [-0.1, -0.05) is 5.16 Å². The van der Waals surface area contributed by atoms with Gasteiger partial charge in [0.25, 0.3) is 0 Å². The molecule has 0 radical (unpaired) electrons. The summed E-state index contributed by atoms with van der Waals surface area (Å²) in [6.07, 6.45) is 9.22. The van der Waals surface area contributed by atoms with E-state index in [4.69, 9.17) is 20.1 Å². The molecule has 33 heavy (non-hydrogen) atoms. The fourth-order valence-corrected chi connectivity index (χ4v) is 4.26. The normalized spacial score (nSPS) is 19.5. The summed E-state index contributed by atoms with van der Waals surface area (Å²) in [5, 5.41) is 13.2. The lowest BCUT2D eigenvalue weighted by Crippen LogP contribution is -2.50. The molecular formula is C22H23N9O2. The van der Waals surface area contributed by atoms with E-state index >= 15 is 0 Å². The Kier molecular flexibility index (Phi) is 3.84. The van der Waals surface area contributed by atoms with Crippen molar-refractivity contribution in [3.05, 3.63) is 24.5 Å². The van der Waals surface area contributed by atoms with Crippen molar-refractivity contribution in [1.82, 2.24) is 40.2 Å². The van der Waals surface area contributed by atoms with Crippen molar-refractivity contribution in [2.45, 2.75) is 50.2 Å². The smallest absolute Gasteiger partial charge is 0.165 e. The fraction of sp³-hybridized carbons (Fsp3) is 0.455. The highest BCUT2D eigenvalue weighted by Gasteiger charge is 2.43. The molecule has 0 unspecified atom stereocenters. The fourth-order valence-electron chi connectivity index (χ4n) is 4.26. The average Bonchev–Trinajstić information content (AvgIpc) is 3.69. The Hall–Kier alpha value is -3.60. The molecule has 0 atom stereocenters. The predicted molar refractivity (Wildman–Crippen MR) is 118 cm³/mol. The summed E-state index contributed by atoms with van der Waals surface area (Å²) in [5.74, 6) is 2.64. The second-order valence-electron chi connectivity index (χ2n) is 9.40. The number of nitrogen functional groups attached to an aromatic ring is 1. The van der Waals surface area contributed by atoms with Gasteiger partial charge in [0.1, 0.15) is 29.6 Å². The Morgan fingerprint density at radius 1 is 1.12 bits per heavy atom. The molecule has 168 valence electrons. The summed E-state index contributed by atoms with van der Waals surface area (Å²) in [6.45, 7) is 3.84. The second kappa shape index (κ2) is 6.70. The molecule has 11 nitrogen and oxygen atoms in total. The zero-order valence-corrected chi connectivity index (χ0v) is 18.2. The topological polar surface area (TPSA) is 143 Å². The van der Waals surface area contributed by atoms with Crippen LogP contribution in [0.5, 0.6) is 5.75 Å². The minimum Gasteiger partial charge on any atom is -0.485 e. The number of nitrogens with zero attached hydrogens (tertiary/aromatic N) is 7. The Morgan fingerprint density at radius 3 is 2.58 bits per heavy atom. The second-order valence-corrected chi connectivity index (χ2v) is 9.40. The molecule has 2 saturated carbocycles. The van der Waals surface area contributed by atoms with Gasteiger partial charge in [-0.25, -0.2) is 24.6 Å². The van der Waals surface area contributed by atoms with E-state index in [2.05, 4.69) is 37.3 Å². The van der Waals surface area contributed by atoms with Gasteiger partial charge in [0.2, 0.25) is 0 Å². The van der Waals surface area contributed by atoms with Gasteiger partial charge in [-0.3, -0.25) is 0 Å². The third kappa shape index (κ3) is 2.99. The Labute approximate surface area is 188 Å². The van der Waals surface area contributed by atoms with Crippen molar-refractivity contribution in [3.8, 4) is 28.5 Å². The van der Waals surface area contributed by atoms with E-state index in [-0.39, 0.29) is 11.6 Å². The highest BCUT2D eigenvalue weighted by Crippen LogP contribution is 2.49. The third-order valence-electron chi connectivity index (χ3n) is 6.77. The van der Waals surface area contributed by atoms with Crippen molar-refractivity contribution >= 4 is 16.9 Å². The molecule has 0 bridgehead atoms. The molecule has 0 amide bonds. The van der Waals surface area contributed by atoms with Gasteiger partial charge >= 0.3 is 0 Å². The highest BCUT2D eigenvalue weighted by atomic mass is 16.5. The number of nitrogens with one attached hydrogen (secondary N) is 1. The maximum Gasteiger partial charge on any atom is 0.165 e. The number of rotatable bonds is 6. The van der Waals surface area contributed by atoms with E-state index in [0.717, 1.165) is 50.1 Å². The number of hydrogen-bond donors (Lipinski definition) is 2.